The Morgan fingerprint density at radius 1 is 1.16 bits per heavy atom. The number of non-ortho nitro benzene ring substituents is 1. The molecule has 0 amide bonds. The van der Waals surface area contributed by atoms with Gasteiger partial charge in [-0.15, -0.1) is 0 Å². The molecule has 2 rings (SSSR count). The van der Waals surface area contributed by atoms with Crippen LogP contribution in [0.2, 0.25) is 0 Å². The van der Waals surface area contributed by atoms with Crippen molar-refractivity contribution in [3.8, 4) is 5.75 Å². The van der Waals surface area contributed by atoms with E-state index in [9.17, 15) is 10.1 Å². The van der Waals surface area contributed by atoms with Crippen LogP contribution in [0.15, 0.2) is 48.5 Å². The molecular formula is C14H14N2O3. The number of hydrogen-bond acceptors (Lipinski definition) is 4. The van der Waals surface area contributed by atoms with E-state index in [1.54, 1.807) is 0 Å². The zero-order chi connectivity index (χ0) is 13.7. The third-order valence-electron chi connectivity index (χ3n) is 2.70. The fraction of sp³-hybridized carbons (Fsp3) is 0.143. The van der Waals surface area contributed by atoms with E-state index >= 15 is 0 Å². The van der Waals surface area contributed by atoms with Crippen molar-refractivity contribution in [2.45, 2.75) is 6.42 Å². The zero-order valence-corrected chi connectivity index (χ0v) is 10.3. The summed E-state index contributed by atoms with van der Waals surface area (Å²) in [6, 6.07) is 14.0. The predicted molar refractivity (Wildman–Crippen MR) is 73.1 cm³/mol. The molecule has 5 heteroatoms. The highest BCUT2D eigenvalue weighted by atomic mass is 16.6. The van der Waals surface area contributed by atoms with Gasteiger partial charge in [0.1, 0.15) is 5.75 Å². The van der Waals surface area contributed by atoms with Crippen LogP contribution in [-0.4, -0.2) is 11.5 Å². The number of nitrogens with zero attached hydrogens (tertiary/aromatic N) is 1. The van der Waals surface area contributed by atoms with Crippen molar-refractivity contribution in [3.63, 3.8) is 0 Å². The van der Waals surface area contributed by atoms with Gasteiger partial charge in [-0.25, -0.2) is 0 Å². The number of ether oxygens (including phenoxy) is 1. The number of anilines is 1. The molecule has 5 nitrogen and oxygen atoms in total. The van der Waals surface area contributed by atoms with Gasteiger partial charge in [-0.2, -0.15) is 0 Å². The lowest BCUT2D eigenvalue weighted by Crippen LogP contribution is -2.04. The molecule has 0 unspecified atom stereocenters. The summed E-state index contributed by atoms with van der Waals surface area (Å²) >= 11 is 0. The SMILES string of the molecule is Nc1ccc([N+](=O)[O-])cc1OCCc1ccccc1. The number of nitrogens with two attached hydrogens (primary N) is 1. The first kappa shape index (κ1) is 12.9. The van der Waals surface area contributed by atoms with Crippen LogP contribution in [0.5, 0.6) is 5.75 Å². The molecule has 0 atom stereocenters. The van der Waals surface area contributed by atoms with E-state index in [0.29, 0.717) is 18.0 Å². The Balaban J connectivity index is 1.99. The standard InChI is InChI=1S/C14H14N2O3/c15-13-7-6-12(16(17)18)10-14(13)19-9-8-11-4-2-1-3-5-11/h1-7,10H,8-9,15H2. The Kier molecular flexibility index (Phi) is 3.97. The van der Waals surface area contributed by atoms with Crippen molar-refractivity contribution in [2.24, 2.45) is 0 Å². The third-order valence-corrected chi connectivity index (χ3v) is 2.70. The second-order valence-corrected chi connectivity index (χ2v) is 4.06. The summed E-state index contributed by atoms with van der Waals surface area (Å²) in [5, 5.41) is 10.7. The van der Waals surface area contributed by atoms with E-state index in [4.69, 9.17) is 10.5 Å². The molecule has 0 aliphatic heterocycles. The molecule has 98 valence electrons. The maximum atomic E-state index is 10.7. The number of rotatable bonds is 5. The molecule has 0 saturated heterocycles. The third kappa shape index (κ3) is 3.45. The van der Waals surface area contributed by atoms with Gasteiger partial charge in [-0.05, 0) is 11.6 Å². The molecule has 0 spiro atoms. The molecule has 0 saturated carbocycles. The summed E-state index contributed by atoms with van der Waals surface area (Å²) < 4.78 is 5.50. The van der Waals surface area contributed by atoms with E-state index in [1.165, 1.54) is 18.2 Å². The lowest BCUT2D eigenvalue weighted by atomic mass is 10.2. The Morgan fingerprint density at radius 3 is 2.58 bits per heavy atom. The van der Waals surface area contributed by atoms with Crippen LogP contribution in [0.4, 0.5) is 11.4 Å². The molecule has 0 radical (unpaired) electrons. The summed E-state index contributed by atoms with van der Waals surface area (Å²) in [5.41, 5.74) is 7.24. The second kappa shape index (κ2) is 5.86. The fourth-order valence-corrected chi connectivity index (χ4v) is 1.69. The van der Waals surface area contributed by atoms with E-state index in [-0.39, 0.29) is 5.69 Å². The average Bonchev–Trinajstić information content (AvgIpc) is 2.42. The quantitative estimate of drug-likeness (QED) is 0.508. The highest BCUT2D eigenvalue weighted by molar-refractivity contribution is 5.57. The predicted octanol–water partition coefficient (Wildman–Crippen LogP) is 2.80. The molecule has 0 aliphatic carbocycles. The second-order valence-electron chi connectivity index (χ2n) is 4.06. The molecule has 0 aliphatic rings. The smallest absolute Gasteiger partial charge is 0.273 e. The van der Waals surface area contributed by atoms with Gasteiger partial charge < -0.3 is 10.5 Å². The van der Waals surface area contributed by atoms with Crippen molar-refractivity contribution in [3.05, 3.63) is 64.2 Å². The van der Waals surface area contributed by atoms with Gasteiger partial charge in [0, 0.05) is 12.5 Å². The van der Waals surface area contributed by atoms with Gasteiger partial charge in [0.15, 0.2) is 0 Å². The minimum Gasteiger partial charge on any atom is -0.491 e. The molecule has 2 N–H and O–H groups in total. The Labute approximate surface area is 110 Å². The molecular weight excluding hydrogens is 244 g/mol. The van der Waals surface area contributed by atoms with Crippen molar-refractivity contribution >= 4 is 11.4 Å². The summed E-state index contributed by atoms with van der Waals surface area (Å²) in [7, 11) is 0. The van der Waals surface area contributed by atoms with Crippen molar-refractivity contribution in [2.75, 3.05) is 12.3 Å². The van der Waals surface area contributed by atoms with Crippen LogP contribution in [0.1, 0.15) is 5.56 Å². The Bertz CT molecular complexity index is 570. The van der Waals surface area contributed by atoms with Gasteiger partial charge in [-0.3, -0.25) is 10.1 Å². The first-order chi connectivity index (χ1) is 9.16. The van der Waals surface area contributed by atoms with Crippen LogP contribution in [0, 0.1) is 10.1 Å². The molecule has 2 aromatic carbocycles. The first-order valence-electron chi connectivity index (χ1n) is 5.87. The van der Waals surface area contributed by atoms with E-state index in [0.717, 1.165) is 12.0 Å². The molecule has 0 bridgehead atoms. The van der Waals surface area contributed by atoms with Gasteiger partial charge in [0.25, 0.3) is 5.69 Å². The molecule has 19 heavy (non-hydrogen) atoms. The normalized spacial score (nSPS) is 10.1. The minimum atomic E-state index is -0.469. The van der Waals surface area contributed by atoms with Crippen LogP contribution in [-0.2, 0) is 6.42 Å². The molecule has 0 heterocycles. The maximum Gasteiger partial charge on any atom is 0.273 e. The molecule has 0 aromatic heterocycles. The zero-order valence-electron chi connectivity index (χ0n) is 10.3. The van der Waals surface area contributed by atoms with Gasteiger partial charge in [0.05, 0.1) is 23.3 Å². The van der Waals surface area contributed by atoms with Gasteiger partial charge in [-0.1, -0.05) is 30.3 Å². The van der Waals surface area contributed by atoms with Gasteiger partial charge in [0.2, 0.25) is 0 Å². The summed E-state index contributed by atoms with van der Waals surface area (Å²) in [5.74, 6) is 0.352. The Hall–Kier alpha value is -2.56. The highest BCUT2D eigenvalue weighted by Gasteiger charge is 2.09. The van der Waals surface area contributed by atoms with Crippen molar-refractivity contribution < 1.29 is 9.66 Å². The number of nitrogen functional groups attached to an aromatic ring is 1. The summed E-state index contributed by atoms with van der Waals surface area (Å²) in [4.78, 5) is 10.2. The van der Waals surface area contributed by atoms with Crippen LogP contribution >= 0.6 is 0 Å². The van der Waals surface area contributed by atoms with Crippen molar-refractivity contribution in [1.29, 1.82) is 0 Å². The number of hydrogen-bond donors (Lipinski definition) is 1. The van der Waals surface area contributed by atoms with Crippen LogP contribution in [0.25, 0.3) is 0 Å². The average molecular weight is 258 g/mol. The van der Waals surface area contributed by atoms with Crippen LogP contribution in [0.3, 0.4) is 0 Å². The Morgan fingerprint density at radius 2 is 1.89 bits per heavy atom. The number of nitro benzene ring substituents is 1. The first-order valence-corrected chi connectivity index (χ1v) is 5.87. The lowest BCUT2D eigenvalue weighted by Gasteiger charge is -2.08. The summed E-state index contributed by atoms with van der Waals surface area (Å²) in [6.07, 6.45) is 0.725. The monoisotopic (exact) mass is 258 g/mol. The van der Waals surface area contributed by atoms with Crippen LogP contribution < -0.4 is 10.5 Å². The van der Waals surface area contributed by atoms with E-state index in [1.807, 2.05) is 30.3 Å². The lowest BCUT2D eigenvalue weighted by molar-refractivity contribution is -0.384. The minimum absolute atomic E-state index is 0.0242. The largest absolute Gasteiger partial charge is 0.491 e. The number of benzene rings is 2. The summed E-state index contributed by atoms with van der Waals surface area (Å²) in [6.45, 7) is 0.426. The van der Waals surface area contributed by atoms with E-state index in [2.05, 4.69) is 0 Å². The maximum absolute atomic E-state index is 10.7. The topological polar surface area (TPSA) is 78.4 Å². The molecule has 0 fully saturated rings. The van der Waals surface area contributed by atoms with E-state index < -0.39 is 4.92 Å². The molecule has 2 aromatic rings. The number of nitro groups is 1. The fourth-order valence-electron chi connectivity index (χ4n) is 1.69. The van der Waals surface area contributed by atoms with Gasteiger partial charge >= 0.3 is 0 Å². The van der Waals surface area contributed by atoms with Crippen molar-refractivity contribution in [1.82, 2.24) is 0 Å². The highest BCUT2D eigenvalue weighted by Crippen LogP contribution is 2.26.